The molecule has 0 aliphatic carbocycles. The van der Waals surface area contributed by atoms with E-state index in [-0.39, 0.29) is 11.7 Å². The molecule has 1 N–H and O–H groups in total. The van der Waals surface area contributed by atoms with Gasteiger partial charge in [0.2, 0.25) is 6.79 Å². The summed E-state index contributed by atoms with van der Waals surface area (Å²) in [7, 11) is -1.36. The highest BCUT2D eigenvalue weighted by atomic mass is 32.2. The Bertz CT molecular complexity index is 1400. The Morgan fingerprint density at radius 3 is 2.59 bits per heavy atom. The molecule has 0 radical (unpaired) electrons. The highest BCUT2D eigenvalue weighted by Crippen LogP contribution is 2.38. The van der Waals surface area contributed by atoms with Crippen molar-refractivity contribution in [2.75, 3.05) is 25.0 Å². The van der Waals surface area contributed by atoms with Gasteiger partial charge in [0, 0.05) is 36.8 Å². The lowest BCUT2D eigenvalue weighted by Crippen LogP contribution is -2.12. The summed E-state index contributed by atoms with van der Waals surface area (Å²) in [6, 6.07) is 15.9. The van der Waals surface area contributed by atoms with Crippen molar-refractivity contribution in [2.24, 2.45) is 0 Å². The fraction of sp³-hybridized carbons (Fsp3) is 0.136. The highest BCUT2D eigenvalue weighted by molar-refractivity contribution is 7.90. The molecule has 0 saturated heterocycles. The zero-order valence-electron chi connectivity index (χ0n) is 17.3. The Morgan fingerprint density at radius 1 is 1.03 bits per heavy atom. The molecule has 162 valence electrons. The van der Waals surface area contributed by atoms with Crippen molar-refractivity contribution in [3.8, 4) is 34.3 Å². The van der Waals surface area contributed by atoms with Crippen LogP contribution in [0.25, 0.3) is 22.8 Å². The maximum Gasteiger partial charge on any atom is 0.231 e. The third kappa shape index (κ3) is 3.65. The highest BCUT2D eigenvalue weighted by Gasteiger charge is 2.19. The van der Waals surface area contributed by atoms with E-state index in [1.807, 2.05) is 42.3 Å². The van der Waals surface area contributed by atoms with Gasteiger partial charge < -0.3 is 14.4 Å². The van der Waals surface area contributed by atoms with E-state index in [0.29, 0.717) is 34.5 Å². The van der Waals surface area contributed by atoms with E-state index in [4.69, 9.17) is 9.47 Å². The molecule has 0 bridgehead atoms. The first-order valence-corrected chi connectivity index (χ1v) is 11.6. The summed E-state index contributed by atoms with van der Waals surface area (Å²) in [4.78, 5) is 11.3. The second kappa shape index (κ2) is 7.65. The van der Waals surface area contributed by atoms with Gasteiger partial charge in [-0.25, -0.2) is 18.4 Å². The Hall–Kier alpha value is -3.92. The van der Waals surface area contributed by atoms with Crippen LogP contribution in [0.4, 0.5) is 11.5 Å². The lowest BCUT2D eigenvalue weighted by Gasteiger charge is -2.20. The largest absolute Gasteiger partial charge is 0.454 e. The molecule has 3 heterocycles. The normalized spacial score (nSPS) is 12.7. The van der Waals surface area contributed by atoms with Crippen LogP contribution in [0.1, 0.15) is 0 Å². The Kier molecular flexibility index (Phi) is 4.78. The van der Waals surface area contributed by atoms with Crippen LogP contribution in [0, 0.1) is 0 Å². The topological polar surface area (TPSA) is 110 Å². The number of anilines is 2. The third-order valence-electron chi connectivity index (χ3n) is 5.13. The summed E-state index contributed by atoms with van der Waals surface area (Å²) in [6.07, 6.45) is 2.89. The van der Waals surface area contributed by atoms with Crippen LogP contribution in [0.3, 0.4) is 0 Å². The summed E-state index contributed by atoms with van der Waals surface area (Å²) >= 11 is 0. The molecular formula is C22H19N5O4S. The molecule has 10 heteroatoms. The third-order valence-corrected chi connectivity index (χ3v) is 6.26. The standard InChI is InChI=1S/C22H19N5O4S/c1-27(15-7-10-18-19(12-15)31-13-30-18)22-17(4-3-11-23-22)21-24-20(25-26-21)14-5-8-16(9-6-14)32(2,28)29/h3-12H,13H2,1-2H3,(H,24,25,26). The Balaban J connectivity index is 1.47. The van der Waals surface area contributed by atoms with Gasteiger partial charge in [-0.15, -0.1) is 0 Å². The smallest absolute Gasteiger partial charge is 0.231 e. The monoisotopic (exact) mass is 449 g/mol. The van der Waals surface area contributed by atoms with Crippen molar-refractivity contribution in [3.63, 3.8) is 0 Å². The molecule has 9 nitrogen and oxygen atoms in total. The van der Waals surface area contributed by atoms with E-state index in [2.05, 4.69) is 20.2 Å². The number of H-pyrrole nitrogens is 1. The van der Waals surface area contributed by atoms with Gasteiger partial charge in [0.15, 0.2) is 33.0 Å². The van der Waals surface area contributed by atoms with Gasteiger partial charge in [-0.05, 0) is 48.5 Å². The van der Waals surface area contributed by atoms with Crippen LogP contribution in [-0.2, 0) is 9.84 Å². The minimum atomic E-state index is -3.26. The number of fused-ring (bicyclic) bond motifs is 1. The first-order valence-electron chi connectivity index (χ1n) is 9.72. The maximum atomic E-state index is 11.7. The van der Waals surface area contributed by atoms with Crippen LogP contribution in [-0.4, -0.2) is 48.7 Å². The molecule has 5 rings (SSSR count). The van der Waals surface area contributed by atoms with E-state index in [1.54, 1.807) is 30.5 Å². The molecule has 1 aliphatic heterocycles. The molecule has 2 aromatic heterocycles. The molecule has 0 amide bonds. The average molecular weight is 449 g/mol. The zero-order chi connectivity index (χ0) is 22.3. The van der Waals surface area contributed by atoms with Gasteiger partial charge in [-0.3, -0.25) is 5.10 Å². The molecular weight excluding hydrogens is 430 g/mol. The minimum absolute atomic E-state index is 0.212. The minimum Gasteiger partial charge on any atom is -0.454 e. The predicted octanol–water partition coefficient (Wildman–Crippen LogP) is 3.43. The number of nitrogens with zero attached hydrogens (tertiary/aromatic N) is 4. The molecule has 1 aliphatic rings. The summed E-state index contributed by atoms with van der Waals surface area (Å²) < 4.78 is 34.2. The molecule has 0 fully saturated rings. The summed E-state index contributed by atoms with van der Waals surface area (Å²) in [5.74, 6) is 3.08. The fourth-order valence-corrected chi connectivity index (χ4v) is 4.06. The lowest BCUT2D eigenvalue weighted by atomic mass is 10.2. The van der Waals surface area contributed by atoms with Crippen LogP contribution < -0.4 is 14.4 Å². The van der Waals surface area contributed by atoms with Crippen molar-refractivity contribution in [3.05, 3.63) is 60.8 Å². The number of rotatable bonds is 5. The van der Waals surface area contributed by atoms with E-state index in [9.17, 15) is 8.42 Å². The quantitative estimate of drug-likeness (QED) is 0.493. The van der Waals surface area contributed by atoms with Gasteiger partial charge in [-0.1, -0.05) is 0 Å². The van der Waals surface area contributed by atoms with Crippen molar-refractivity contribution in [1.82, 2.24) is 20.2 Å². The summed E-state index contributed by atoms with van der Waals surface area (Å²) in [5.41, 5.74) is 2.35. The van der Waals surface area contributed by atoms with Crippen molar-refractivity contribution in [1.29, 1.82) is 0 Å². The second-order valence-electron chi connectivity index (χ2n) is 7.28. The van der Waals surface area contributed by atoms with Crippen LogP contribution in [0.15, 0.2) is 65.7 Å². The van der Waals surface area contributed by atoms with Crippen molar-refractivity contribution in [2.45, 2.75) is 4.90 Å². The van der Waals surface area contributed by atoms with Crippen LogP contribution in [0.2, 0.25) is 0 Å². The number of sulfone groups is 1. The maximum absolute atomic E-state index is 11.7. The summed E-state index contributed by atoms with van der Waals surface area (Å²) in [5, 5.41) is 7.27. The number of aromatic nitrogens is 4. The predicted molar refractivity (Wildman–Crippen MR) is 119 cm³/mol. The van der Waals surface area contributed by atoms with E-state index in [0.717, 1.165) is 11.3 Å². The molecule has 0 atom stereocenters. The first kappa shape index (κ1) is 20.0. The number of benzene rings is 2. The SMILES string of the molecule is CN(c1ccc2c(c1)OCO2)c1ncccc1-c1nc(-c2ccc(S(C)(=O)=O)cc2)n[nH]1. The van der Waals surface area contributed by atoms with Gasteiger partial charge >= 0.3 is 0 Å². The molecule has 0 saturated carbocycles. The number of hydrogen-bond donors (Lipinski definition) is 1. The number of ether oxygens (including phenoxy) is 2. The van der Waals surface area contributed by atoms with Gasteiger partial charge in [0.1, 0.15) is 5.82 Å². The first-order chi connectivity index (χ1) is 15.4. The summed E-state index contributed by atoms with van der Waals surface area (Å²) in [6.45, 7) is 0.212. The number of hydrogen-bond acceptors (Lipinski definition) is 8. The zero-order valence-corrected chi connectivity index (χ0v) is 18.1. The van der Waals surface area contributed by atoms with E-state index < -0.39 is 9.84 Å². The Morgan fingerprint density at radius 2 is 1.81 bits per heavy atom. The van der Waals surface area contributed by atoms with Gasteiger partial charge in [0.25, 0.3) is 0 Å². The van der Waals surface area contributed by atoms with Gasteiger partial charge in [-0.2, -0.15) is 5.10 Å². The molecule has 4 aromatic rings. The van der Waals surface area contributed by atoms with Crippen LogP contribution >= 0.6 is 0 Å². The fourth-order valence-electron chi connectivity index (χ4n) is 3.43. The molecule has 2 aromatic carbocycles. The average Bonchev–Trinajstić information content (AvgIpc) is 3.47. The molecule has 0 spiro atoms. The molecule has 32 heavy (non-hydrogen) atoms. The Labute approximate surface area is 184 Å². The second-order valence-corrected chi connectivity index (χ2v) is 9.29. The molecule has 0 unspecified atom stereocenters. The lowest BCUT2D eigenvalue weighted by molar-refractivity contribution is 0.174. The van der Waals surface area contributed by atoms with E-state index >= 15 is 0 Å². The van der Waals surface area contributed by atoms with Crippen LogP contribution in [0.5, 0.6) is 11.5 Å². The van der Waals surface area contributed by atoms with Crippen molar-refractivity contribution < 1.29 is 17.9 Å². The number of pyridine rings is 1. The number of aromatic amines is 1. The van der Waals surface area contributed by atoms with Gasteiger partial charge in [0.05, 0.1) is 10.5 Å². The van der Waals surface area contributed by atoms with Crippen molar-refractivity contribution >= 4 is 21.3 Å². The number of nitrogens with one attached hydrogen (secondary N) is 1. The van der Waals surface area contributed by atoms with E-state index in [1.165, 1.54) is 6.26 Å².